The van der Waals surface area contributed by atoms with Crippen LogP contribution in [0.1, 0.15) is 15.9 Å². The lowest BCUT2D eigenvalue weighted by molar-refractivity contribution is -0.107. The first-order chi connectivity index (χ1) is 9.52. The minimum Gasteiger partial charge on any atom is -0.318 e. The van der Waals surface area contributed by atoms with E-state index in [2.05, 4.69) is 0 Å². The van der Waals surface area contributed by atoms with Gasteiger partial charge in [0.05, 0.1) is 5.02 Å². The van der Waals surface area contributed by atoms with Gasteiger partial charge in [-0.15, -0.1) is 0 Å². The van der Waals surface area contributed by atoms with Gasteiger partial charge in [-0.3, -0.25) is 9.59 Å². The van der Waals surface area contributed by atoms with E-state index in [-0.39, 0.29) is 5.78 Å². The van der Waals surface area contributed by atoms with Crippen molar-refractivity contribution in [2.45, 2.75) is 0 Å². The number of amides is 1. The molecule has 20 heavy (non-hydrogen) atoms. The van der Waals surface area contributed by atoms with E-state index in [4.69, 9.17) is 23.2 Å². The van der Waals surface area contributed by atoms with Gasteiger partial charge in [-0.1, -0.05) is 23.2 Å². The molecule has 2 aromatic carbocycles. The van der Waals surface area contributed by atoms with E-state index in [1.54, 1.807) is 43.4 Å². The summed E-state index contributed by atoms with van der Waals surface area (Å²) in [5.41, 5.74) is 1.54. The molecular weight excluding hydrogens is 297 g/mol. The summed E-state index contributed by atoms with van der Waals surface area (Å²) in [5, 5.41) is 0.809. The van der Waals surface area contributed by atoms with E-state index < -0.39 is 0 Å². The zero-order chi connectivity index (χ0) is 14.7. The Morgan fingerprint density at radius 3 is 2.35 bits per heavy atom. The predicted octanol–water partition coefficient (Wildman–Crippen LogP) is 3.82. The second-order valence-corrected chi connectivity index (χ2v) is 5.06. The number of ketones is 1. The molecule has 0 aliphatic heterocycles. The van der Waals surface area contributed by atoms with Crippen molar-refractivity contribution in [3.05, 3.63) is 63.6 Å². The molecule has 0 atom stereocenters. The maximum Gasteiger partial charge on any atom is 0.213 e. The molecule has 1 amide bonds. The molecule has 0 heterocycles. The number of nitrogens with zero attached hydrogens (tertiary/aromatic N) is 1. The summed E-state index contributed by atoms with van der Waals surface area (Å²) >= 11 is 11.9. The smallest absolute Gasteiger partial charge is 0.213 e. The number of hydrogen-bond acceptors (Lipinski definition) is 2. The van der Waals surface area contributed by atoms with Crippen LogP contribution in [0.15, 0.2) is 42.5 Å². The van der Waals surface area contributed by atoms with E-state index in [9.17, 15) is 9.59 Å². The molecule has 2 aromatic rings. The van der Waals surface area contributed by atoms with Crippen molar-refractivity contribution < 1.29 is 9.59 Å². The number of hydrogen-bond donors (Lipinski definition) is 0. The second kappa shape index (κ2) is 6.07. The number of rotatable bonds is 4. The summed E-state index contributed by atoms with van der Waals surface area (Å²) < 4.78 is 0. The number of halogens is 2. The molecule has 0 N–H and O–H groups in total. The topological polar surface area (TPSA) is 37.4 Å². The Labute approximate surface area is 126 Å². The van der Waals surface area contributed by atoms with Crippen LogP contribution in [0.3, 0.4) is 0 Å². The Balaban J connectivity index is 2.34. The van der Waals surface area contributed by atoms with E-state index in [0.29, 0.717) is 33.3 Å². The average molecular weight is 308 g/mol. The second-order valence-electron chi connectivity index (χ2n) is 4.22. The quantitative estimate of drug-likeness (QED) is 0.636. The maximum atomic E-state index is 12.3. The van der Waals surface area contributed by atoms with Gasteiger partial charge in [-0.2, -0.15) is 0 Å². The highest BCUT2D eigenvalue weighted by Gasteiger charge is 2.13. The standard InChI is InChI=1S/C15H11Cl2NO2/c1-18(9-19)12-5-2-10(3-6-12)15(20)13-8-11(16)4-7-14(13)17/h2-9H,1H3. The molecule has 0 radical (unpaired) electrons. The average Bonchev–Trinajstić information content (AvgIpc) is 2.48. The van der Waals surface area contributed by atoms with Gasteiger partial charge in [0.2, 0.25) is 6.41 Å². The van der Waals surface area contributed by atoms with Crippen molar-refractivity contribution >= 4 is 41.1 Å². The Morgan fingerprint density at radius 2 is 1.75 bits per heavy atom. The van der Waals surface area contributed by atoms with Crippen molar-refractivity contribution in [3.8, 4) is 0 Å². The number of carbonyl (C=O) groups is 2. The Morgan fingerprint density at radius 1 is 1.10 bits per heavy atom. The van der Waals surface area contributed by atoms with Gasteiger partial charge in [-0.25, -0.2) is 0 Å². The Bertz CT molecular complexity index is 653. The van der Waals surface area contributed by atoms with Crippen LogP contribution in [-0.4, -0.2) is 19.2 Å². The molecular formula is C15H11Cl2NO2. The number of anilines is 1. The zero-order valence-corrected chi connectivity index (χ0v) is 12.2. The minimum atomic E-state index is -0.210. The first kappa shape index (κ1) is 14.6. The fraction of sp³-hybridized carbons (Fsp3) is 0.0667. The Hall–Kier alpha value is -1.84. The van der Waals surface area contributed by atoms with E-state index in [1.165, 1.54) is 11.0 Å². The molecule has 102 valence electrons. The van der Waals surface area contributed by atoms with Gasteiger partial charge in [0.15, 0.2) is 5.78 Å². The first-order valence-electron chi connectivity index (χ1n) is 5.81. The highest BCUT2D eigenvalue weighted by Crippen LogP contribution is 2.24. The Kier molecular flexibility index (Phi) is 4.42. The van der Waals surface area contributed by atoms with Crippen LogP contribution >= 0.6 is 23.2 Å². The van der Waals surface area contributed by atoms with Crippen molar-refractivity contribution in [1.82, 2.24) is 0 Å². The largest absolute Gasteiger partial charge is 0.318 e. The monoisotopic (exact) mass is 307 g/mol. The van der Waals surface area contributed by atoms with Crippen LogP contribution < -0.4 is 4.90 Å². The third-order valence-corrected chi connectivity index (χ3v) is 3.43. The first-order valence-corrected chi connectivity index (χ1v) is 6.56. The molecule has 0 aromatic heterocycles. The molecule has 2 rings (SSSR count). The van der Waals surface area contributed by atoms with Crippen molar-refractivity contribution in [1.29, 1.82) is 0 Å². The predicted molar refractivity (Wildman–Crippen MR) is 80.8 cm³/mol. The molecule has 0 aliphatic carbocycles. The van der Waals surface area contributed by atoms with Crippen LogP contribution in [-0.2, 0) is 4.79 Å². The van der Waals surface area contributed by atoms with Crippen molar-refractivity contribution in [2.24, 2.45) is 0 Å². The van der Waals surface area contributed by atoms with Gasteiger partial charge in [0, 0.05) is 28.9 Å². The zero-order valence-electron chi connectivity index (χ0n) is 10.6. The summed E-state index contributed by atoms with van der Waals surface area (Å²) in [7, 11) is 1.64. The van der Waals surface area contributed by atoms with Gasteiger partial charge < -0.3 is 4.90 Å². The van der Waals surface area contributed by atoms with Crippen LogP contribution in [0.25, 0.3) is 0 Å². The number of carbonyl (C=O) groups excluding carboxylic acids is 2. The fourth-order valence-corrected chi connectivity index (χ4v) is 2.11. The summed E-state index contributed by atoms with van der Waals surface area (Å²) in [6.45, 7) is 0. The van der Waals surface area contributed by atoms with Crippen LogP contribution in [0, 0.1) is 0 Å². The summed E-state index contributed by atoms with van der Waals surface area (Å²) in [6.07, 6.45) is 0.699. The molecule has 0 saturated carbocycles. The normalized spacial score (nSPS) is 10.2. The lowest BCUT2D eigenvalue weighted by Crippen LogP contribution is -2.13. The third-order valence-electron chi connectivity index (χ3n) is 2.87. The molecule has 0 fully saturated rings. The van der Waals surface area contributed by atoms with E-state index in [1.807, 2.05) is 0 Å². The fourth-order valence-electron chi connectivity index (χ4n) is 1.74. The van der Waals surface area contributed by atoms with Crippen LogP contribution in [0.5, 0.6) is 0 Å². The molecule has 0 aliphatic rings. The van der Waals surface area contributed by atoms with Gasteiger partial charge in [0.25, 0.3) is 0 Å². The molecule has 5 heteroatoms. The minimum absolute atomic E-state index is 0.210. The van der Waals surface area contributed by atoms with Gasteiger partial charge >= 0.3 is 0 Å². The molecule has 0 spiro atoms. The van der Waals surface area contributed by atoms with E-state index in [0.717, 1.165) is 0 Å². The SMILES string of the molecule is CN(C=O)c1ccc(C(=O)c2cc(Cl)ccc2Cl)cc1. The number of benzene rings is 2. The highest BCUT2D eigenvalue weighted by molar-refractivity contribution is 6.36. The van der Waals surface area contributed by atoms with Gasteiger partial charge in [0.1, 0.15) is 0 Å². The molecule has 3 nitrogen and oxygen atoms in total. The van der Waals surface area contributed by atoms with E-state index >= 15 is 0 Å². The third kappa shape index (κ3) is 3.00. The summed E-state index contributed by atoms with van der Waals surface area (Å²) in [4.78, 5) is 24.4. The van der Waals surface area contributed by atoms with Crippen molar-refractivity contribution in [3.63, 3.8) is 0 Å². The summed E-state index contributed by atoms with van der Waals surface area (Å²) in [6, 6.07) is 11.4. The molecule has 0 saturated heterocycles. The highest BCUT2D eigenvalue weighted by atomic mass is 35.5. The van der Waals surface area contributed by atoms with Crippen LogP contribution in [0.4, 0.5) is 5.69 Å². The lowest BCUT2D eigenvalue weighted by atomic mass is 10.0. The maximum absolute atomic E-state index is 12.3. The lowest BCUT2D eigenvalue weighted by Gasteiger charge is -2.11. The van der Waals surface area contributed by atoms with Crippen molar-refractivity contribution in [2.75, 3.05) is 11.9 Å². The molecule has 0 bridgehead atoms. The van der Waals surface area contributed by atoms with Gasteiger partial charge in [-0.05, 0) is 42.5 Å². The summed E-state index contributed by atoms with van der Waals surface area (Å²) in [5.74, 6) is -0.210. The molecule has 0 unspecified atom stereocenters. The van der Waals surface area contributed by atoms with Crippen LogP contribution in [0.2, 0.25) is 10.0 Å².